The second-order valence-electron chi connectivity index (χ2n) is 9.05. The number of carbonyl (C=O) groups is 1. The first kappa shape index (κ1) is 27.0. The Kier molecular flexibility index (Phi) is 8.74. The number of anilines is 1. The van der Waals surface area contributed by atoms with Gasteiger partial charge in [-0.25, -0.2) is 8.42 Å². The first-order valence-electron chi connectivity index (χ1n) is 12.2. The van der Waals surface area contributed by atoms with Gasteiger partial charge < -0.3 is 14.5 Å². The van der Waals surface area contributed by atoms with Crippen molar-refractivity contribution < 1.29 is 17.9 Å². The number of nitrogens with zero attached hydrogens (tertiary/aromatic N) is 3. The number of methoxy groups -OCH3 is 1. The van der Waals surface area contributed by atoms with E-state index in [9.17, 15) is 13.2 Å². The molecule has 0 saturated carbocycles. The third kappa shape index (κ3) is 6.63. The van der Waals surface area contributed by atoms with Crippen molar-refractivity contribution in [1.29, 1.82) is 0 Å². The Bertz CT molecular complexity index is 1310. The molecule has 0 radical (unpaired) electrons. The number of hydrogen-bond acceptors (Lipinski definition) is 5. The number of rotatable bonds is 9. The average Bonchev–Trinajstić information content (AvgIpc) is 2.92. The molecule has 7 nitrogen and oxygen atoms in total. The average molecular weight is 542 g/mol. The van der Waals surface area contributed by atoms with Gasteiger partial charge in [0, 0.05) is 43.4 Å². The maximum absolute atomic E-state index is 13.6. The van der Waals surface area contributed by atoms with Crippen LogP contribution in [-0.2, 0) is 21.2 Å². The van der Waals surface area contributed by atoms with E-state index in [1.807, 2.05) is 55.5 Å². The zero-order valence-corrected chi connectivity index (χ0v) is 22.7. The molecule has 9 heteroatoms. The zero-order chi connectivity index (χ0) is 26.4. The van der Waals surface area contributed by atoms with Crippen LogP contribution in [0, 0.1) is 6.92 Å². The Morgan fingerprint density at radius 1 is 0.973 bits per heavy atom. The fourth-order valence-corrected chi connectivity index (χ4v) is 6.01. The standard InChI is InChI=1S/C28H32ClN3O4S/c1-22-8-9-24(29)20-27(22)30-16-18-31(19-17-30)28(33)21-32(15-14-23-6-4-3-5-7-23)37(34,35)26-12-10-25(36-2)11-13-26/h3-13,20H,14-19,21H2,1-2H3. The monoisotopic (exact) mass is 541 g/mol. The number of benzene rings is 3. The number of piperazine rings is 1. The van der Waals surface area contributed by atoms with Crippen molar-refractivity contribution in [1.82, 2.24) is 9.21 Å². The largest absolute Gasteiger partial charge is 0.497 e. The Morgan fingerprint density at radius 2 is 1.65 bits per heavy atom. The highest BCUT2D eigenvalue weighted by Crippen LogP contribution is 2.26. The smallest absolute Gasteiger partial charge is 0.243 e. The molecule has 4 rings (SSSR count). The SMILES string of the molecule is COc1ccc(S(=O)(=O)N(CCc2ccccc2)CC(=O)N2CCN(c3cc(Cl)ccc3C)CC2)cc1. The van der Waals surface area contributed by atoms with Gasteiger partial charge in [-0.2, -0.15) is 4.31 Å². The van der Waals surface area contributed by atoms with E-state index in [4.69, 9.17) is 16.3 Å². The number of carbonyl (C=O) groups excluding carboxylic acids is 1. The van der Waals surface area contributed by atoms with Crippen LogP contribution in [0.2, 0.25) is 5.02 Å². The van der Waals surface area contributed by atoms with Crippen LogP contribution >= 0.6 is 11.6 Å². The molecule has 3 aromatic carbocycles. The van der Waals surface area contributed by atoms with E-state index in [0.29, 0.717) is 43.4 Å². The summed E-state index contributed by atoms with van der Waals surface area (Å²) >= 11 is 6.20. The second-order valence-corrected chi connectivity index (χ2v) is 11.4. The van der Waals surface area contributed by atoms with Gasteiger partial charge >= 0.3 is 0 Å². The second kappa shape index (κ2) is 12.0. The Morgan fingerprint density at radius 3 is 2.30 bits per heavy atom. The van der Waals surface area contributed by atoms with E-state index >= 15 is 0 Å². The lowest BCUT2D eigenvalue weighted by atomic mass is 10.1. The first-order valence-corrected chi connectivity index (χ1v) is 14.1. The van der Waals surface area contributed by atoms with Gasteiger partial charge in [-0.1, -0.05) is 48.0 Å². The van der Waals surface area contributed by atoms with Crippen molar-refractivity contribution in [2.24, 2.45) is 0 Å². The topological polar surface area (TPSA) is 70.2 Å². The molecular weight excluding hydrogens is 510 g/mol. The molecule has 3 aromatic rings. The van der Waals surface area contributed by atoms with Crippen LogP contribution < -0.4 is 9.64 Å². The summed E-state index contributed by atoms with van der Waals surface area (Å²) in [6.07, 6.45) is 0.505. The summed E-state index contributed by atoms with van der Waals surface area (Å²) in [6, 6.07) is 21.7. The van der Waals surface area contributed by atoms with Crippen molar-refractivity contribution in [3.8, 4) is 5.75 Å². The lowest BCUT2D eigenvalue weighted by molar-refractivity contribution is -0.131. The molecule has 1 aliphatic rings. The summed E-state index contributed by atoms with van der Waals surface area (Å²) < 4.78 is 33.6. The molecule has 1 heterocycles. The highest BCUT2D eigenvalue weighted by Gasteiger charge is 2.30. The zero-order valence-electron chi connectivity index (χ0n) is 21.1. The fraction of sp³-hybridized carbons (Fsp3) is 0.321. The number of aryl methyl sites for hydroxylation is 1. The van der Waals surface area contributed by atoms with Crippen molar-refractivity contribution in [2.45, 2.75) is 18.2 Å². The van der Waals surface area contributed by atoms with Crippen LogP contribution in [-0.4, -0.2) is 69.9 Å². The quantitative estimate of drug-likeness (QED) is 0.405. The van der Waals surface area contributed by atoms with Gasteiger partial charge in [0.05, 0.1) is 18.6 Å². The van der Waals surface area contributed by atoms with Gasteiger partial charge in [0.2, 0.25) is 15.9 Å². The van der Waals surface area contributed by atoms with Gasteiger partial charge in [-0.15, -0.1) is 0 Å². The highest BCUT2D eigenvalue weighted by molar-refractivity contribution is 7.89. The molecule has 0 atom stereocenters. The molecule has 1 saturated heterocycles. The Labute approximate surface area is 224 Å². The molecule has 0 bridgehead atoms. The number of hydrogen-bond donors (Lipinski definition) is 0. The number of halogens is 1. The lowest BCUT2D eigenvalue weighted by Crippen LogP contribution is -2.52. The molecule has 0 N–H and O–H groups in total. The molecule has 196 valence electrons. The molecule has 0 spiro atoms. The van der Waals surface area contributed by atoms with Gasteiger partial charge in [0.15, 0.2) is 0 Å². The maximum Gasteiger partial charge on any atom is 0.243 e. The van der Waals surface area contributed by atoms with E-state index in [-0.39, 0.29) is 23.9 Å². The number of sulfonamides is 1. The van der Waals surface area contributed by atoms with Crippen molar-refractivity contribution in [3.05, 3.63) is 88.9 Å². The molecule has 0 unspecified atom stereocenters. The minimum absolute atomic E-state index is 0.135. The highest BCUT2D eigenvalue weighted by atomic mass is 35.5. The summed E-state index contributed by atoms with van der Waals surface area (Å²) in [4.78, 5) is 17.4. The molecule has 0 aromatic heterocycles. The van der Waals surface area contributed by atoms with Gasteiger partial charge in [-0.3, -0.25) is 4.79 Å². The van der Waals surface area contributed by atoms with Crippen molar-refractivity contribution in [3.63, 3.8) is 0 Å². The van der Waals surface area contributed by atoms with Crippen LogP contribution in [0.1, 0.15) is 11.1 Å². The van der Waals surface area contributed by atoms with Crippen LogP contribution in [0.15, 0.2) is 77.7 Å². The van der Waals surface area contributed by atoms with Gasteiger partial charge in [0.25, 0.3) is 0 Å². The lowest BCUT2D eigenvalue weighted by Gasteiger charge is -2.37. The molecule has 37 heavy (non-hydrogen) atoms. The van der Waals surface area contributed by atoms with Crippen LogP contribution in [0.5, 0.6) is 5.75 Å². The third-order valence-electron chi connectivity index (χ3n) is 6.65. The van der Waals surface area contributed by atoms with Crippen molar-refractivity contribution in [2.75, 3.05) is 51.3 Å². The minimum atomic E-state index is -3.89. The van der Waals surface area contributed by atoms with E-state index in [1.165, 1.54) is 23.5 Å². The van der Waals surface area contributed by atoms with Crippen LogP contribution in [0.3, 0.4) is 0 Å². The molecular formula is C28H32ClN3O4S. The fourth-order valence-electron chi connectivity index (χ4n) is 4.45. The Hall–Kier alpha value is -3.07. The van der Waals surface area contributed by atoms with E-state index in [1.54, 1.807) is 17.0 Å². The van der Waals surface area contributed by atoms with Crippen LogP contribution in [0.25, 0.3) is 0 Å². The molecule has 0 aliphatic carbocycles. The number of amides is 1. The van der Waals surface area contributed by atoms with E-state index in [2.05, 4.69) is 4.90 Å². The van der Waals surface area contributed by atoms with Gasteiger partial charge in [-0.05, 0) is 60.9 Å². The van der Waals surface area contributed by atoms with Gasteiger partial charge in [0.1, 0.15) is 5.75 Å². The maximum atomic E-state index is 13.6. The first-order chi connectivity index (χ1) is 17.8. The van der Waals surface area contributed by atoms with Crippen LogP contribution in [0.4, 0.5) is 5.69 Å². The summed E-state index contributed by atoms with van der Waals surface area (Å²) in [5.41, 5.74) is 3.20. The summed E-state index contributed by atoms with van der Waals surface area (Å²) in [6.45, 7) is 4.37. The number of ether oxygens (including phenoxy) is 1. The summed E-state index contributed by atoms with van der Waals surface area (Å²) in [5, 5.41) is 0.678. The van der Waals surface area contributed by atoms with Crippen molar-refractivity contribution >= 4 is 33.2 Å². The predicted molar refractivity (Wildman–Crippen MR) is 147 cm³/mol. The Balaban J connectivity index is 1.47. The molecule has 1 fully saturated rings. The third-order valence-corrected chi connectivity index (χ3v) is 8.74. The van der Waals surface area contributed by atoms with E-state index in [0.717, 1.165) is 16.8 Å². The predicted octanol–water partition coefficient (Wildman–Crippen LogP) is 4.24. The minimum Gasteiger partial charge on any atom is -0.497 e. The normalized spacial score (nSPS) is 14.2. The summed E-state index contributed by atoms with van der Waals surface area (Å²) in [7, 11) is -2.36. The molecule has 1 amide bonds. The summed E-state index contributed by atoms with van der Waals surface area (Å²) in [5.74, 6) is 0.367. The van der Waals surface area contributed by atoms with E-state index < -0.39 is 10.0 Å². The molecule has 1 aliphatic heterocycles.